The van der Waals surface area contributed by atoms with Crippen LogP contribution in [0.5, 0.6) is 0 Å². The summed E-state index contributed by atoms with van der Waals surface area (Å²) in [5, 5.41) is 15.3. The van der Waals surface area contributed by atoms with Crippen LogP contribution in [0.25, 0.3) is 0 Å². The summed E-state index contributed by atoms with van der Waals surface area (Å²) in [6.07, 6.45) is 1.56. The number of aliphatic carboxylic acids is 1. The van der Waals surface area contributed by atoms with E-state index in [1.54, 1.807) is 0 Å². The van der Waals surface area contributed by atoms with Crippen molar-refractivity contribution in [3.8, 4) is 0 Å². The maximum Gasteiger partial charge on any atom is 0.418 e. The van der Waals surface area contributed by atoms with Gasteiger partial charge in [0, 0.05) is 37.7 Å². The van der Waals surface area contributed by atoms with E-state index in [0.717, 1.165) is 62.4 Å². The van der Waals surface area contributed by atoms with Gasteiger partial charge in [0.1, 0.15) is 11.9 Å². The maximum absolute atomic E-state index is 13.3. The molecule has 220 valence electrons. The van der Waals surface area contributed by atoms with Gasteiger partial charge in [0.05, 0.1) is 23.8 Å². The molecule has 0 aliphatic carbocycles. The van der Waals surface area contributed by atoms with Crippen molar-refractivity contribution in [2.75, 3.05) is 38.1 Å². The van der Waals surface area contributed by atoms with Crippen molar-refractivity contribution >= 4 is 17.7 Å². The third-order valence-electron chi connectivity index (χ3n) is 6.68. The van der Waals surface area contributed by atoms with E-state index in [-0.39, 0.29) is 12.5 Å². The summed E-state index contributed by atoms with van der Waals surface area (Å²) in [7, 11) is 0. The third-order valence-corrected chi connectivity index (χ3v) is 6.68. The van der Waals surface area contributed by atoms with E-state index in [1.807, 2.05) is 13.8 Å². The van der Waals surface area contributed by atoms with Gasteiger partial charge in [-0.25, -0.2) is 9.78 Å². The topological polar surface area (TPSA) is 117 Å². The van der Waals surface area contributed by atoms with Crippen molar-refractivity contribution in [2.45, 2.75) is 70.7 Å². The lowest BCUT2D eigenvalue weighted by Gasteiger charge is -2.25. The largest absolute Gasteiger partial charge is 0.480 e. The molecule has 0 spiro atoms. The molecule has 40 heavy (non-hydrogen) atoms. The molecular formula is C28H38F3N5O4. The molecule has 12 heteroatoms. The van der Waals surface area contributed by atoms with Crippen LogP contribution in [-0.4, -0.2) is 76.8 Å². The van der Waals surface area contributed by atoms with Gasteiger partial charge in [0.15, 0.2) is 0 Å². The molecule has 0 saturated heterocycles. The molecule has 0 fully saturated rings. The molecule has 2 aromatic rings. The standard InChI is InChI=1S/C28H38F3N5O4/c1-19(2)40-17-16-36(14-4-3-7-21-9-8-20-6-5-12-33-25(20)34-21)15-11-24(27(38)39)35-26(37)22-10-13-32-18-23(22)28(29,30)31/h8-10,13,18-19,24H,3-7,11-12,14-17H2,1-2H3,(H,33,34)(H,35,37)(H,38,39). The van der Waals surface area contributed by atoms with Crippen LogP contribution in [-0.2, 0) is 28.5 Å². The van der Waals surface area contributed by atoms with Crippen LogP contribution < -0.4 is 10.6 Å². The SMILES string of the molecule is CC(C)OCCN(CCCCc1ccc2c(n1)NCCC2)CCC(NC(=O)c1ccncc1C(F)(F)F)C(=O)O. The number of aromatic nitrogens is 2. The molecular weight excluding hydrogens is 527 g/mol. The number of aryl methyl sites for hydroxylation is 2. The van der Waals surface area contributed by atoms with Gasteiger partial charge in [-0.2, -0.15) is 13.2 Å². The number of carboxylic acids is 1. The van der Waals surface area contributed by atoms with E-state index < -0.39 is 35.2 Å². The summed E-state index contributed by atoms with van der Waals surface area (Å²) in [4.78, 5) is 34.7. The highest BCUT2D eigenvalue weighted by atomic mass is 19.4. The first-order chi connectivity index (χ1) is 19.0. The van der Waals surface area contributed by atoms with Crippen molar-refractivity contribution in [1.29, 1.82) is 0 Å². The lowest BCUT2D eigenvalue weighted by atomic mass is 10.1. The number of alkyl halides is 3. The number of ether oxygens (including phenoxy) is 1. The lowest BCUT2D eigenvalue weighted by molar-refractivity contribution is -0.139. The Kier molecular flexibility index (Phi) is 11.7. The van der Waals surface area contributed by atoms with Gasteiger partial charge in [0.25, 0.3) is 5.91 Å². The van der Waals surface area contributed by atoms with Gasteiger partial charge in [-0.3, -0.25) is 9.78 Å². The fraction of sp³-hybridized carbons (Fsp3) is 0.571. The summed E-state index contributed by atoms with van der Waals surface area (Å²) < 4.78 is 45.6. The Morgan fingerprint density at radius 3 is 2.70 bits per heavy atom. The van der Waals surface area contributed by atoms with Crippen molar-refractivity contribution in [3.05, 3.63) is 53.0 Å². The van der Waals surface area contributed by atoms with Crippen LogP contribution in [0.4, 0.5) is 19.0 Å². The number of pyridine rings is 2. The zero-order valence-electron chi connectivity index (χ0n) is 23.0. The van der Waals surface area contributed by atoms with Gasteiger partial charge in [-0.1, -0.05) is 6.07 Å². The highest BCUT2D eigenvalue weighted by molar-refractivity contribution is 5.97. The number of unbranched alkanes of at least 4 members (excludes halogenated alkanes) is 1. The quantitative estimate of drug-likeness (QED) is 0.276. The van der Waals surface area contributed by atoms with Crippen LogP contribution in [0, 0.1) is 0 Å². The summed E-state index contributed by atoms with van der Waals surface area (Å²) >= 11 is 0. The first-order valence-electron chi connectivity index (χ1n) is 13.7. The molecule has 1 unspecified atom stereocenters. The molecule has 0 radical (unpaired) electrons. The summed E-state index contributed by atoms with van der Waals surface area (Å²) in [5.74, 6) is -1.46. The zero-order valence-corrected chi connectivity index (χ0v) is 23.0. The van der Waals surface area contributed by atoms with E-state index >= 15 is 0 Å². The van der Waals surface area contributed by atoms with Crippen LogP contribution in [0.1, 0.15) is 66.7 Å². The molecule has 2 aromatic heterocycles. The minimum atomic E-state index is -4.79. The van der Waals surface area contributed by atoms with Crippen LogP contribution in [0.15, 0.2) is 30.6 Å². The van der Waals surface area contributed by atoms with Crippen LogP contribution in [0.3, 0.4) is 0 Å². The summed E-state index contributed by atoms with van der Waals surface area (Å²) in [6.45, 7) is 6.79. The summed E-state index contributed by atoms with van der Waals surface area (Å²) in [6, 6.07) is 3.76. The average molecular weight is 566 g/mol. The number of carbonyl (C=O) groups is 2. The Hall–Kier alpha value is -3.25. The number of amides is 1. The average Bonchev–Trinajstić information content (AvgIpc) is 2.91. The number of halogens is 3. The van der Waals surface area contributed by atoms with Gasteiger partial charge in [-0.15, -0.1) is 0 Å². The number of anilines is 1. The van der Waals surface area contributed by atoms with E-state index in [9.17, 15) is 27.9 Å². The Morgan fingerprint density at radius 2 is 1.98 bits per heavy atom. The van der Waals surface area contributed by atoms with E-state index in [2.05, 4.69) is 32.7 Å². The third kappa shape index (κ3) is 9.74. The molecule has 0 saturated carbocycles. The second kappa shape index (κ2) is 14.9. The molecule has 3 rings (SSSR count). The van der Waals surface area contributed by atoms with Crippen molar-refractivity contribution < 1.29 is 32.6 Å². The first kappa shape index (κ1) is 31.3. The predicted octanol–water partition coefficient (Wildman–Crippen LogP) is 4.18. The minimum absolute atomic E-state index is 0.0211. The molecule has 3 N–H and O–H groups in total. The number of nitrogens with one attached hydrogen (secondary N) is 2. The molecule has 1 amide bonds. The Balaban J connectivity index is 1.56. The molecule has 3 heterocycles. The highest BCUT2D eigenvalue weighted by Crippen LogP contribution is 2.31. The summed E-state index contributed by atoms with van der Waals surface area (Å²) in [5.41, 5.74) is 0.381. The monoisotopic (exact) mass is 565 g/mol. The fourth-order valence-corrected chi connectivity index (χ4v) is 4.53. The van der Waals surface area contributed by atoms with Gasteiger partial charge >= 0.3 is 12.1 Å². The number of nitrogens with zero attached hydrogens (tertiary/aromatic N) is 3. The van der Waals surface area contributed by atoms with Gasteiger partial charge in [-0.05, 0) is 76.6 Å². The second-order valence-corrected chi connectivity index (χ2v) is 10.1. The molecule has 0 bridgehead atoms. The van der Waals surface area contributed by atoms with Crippen molar-refractivity contribution in [1.82, 2.24) is 20.2 Å². The number of fused-ring (bicyclic) bond motifs is 1. The number of carbonyl (C=O) groups excluding carboxylic acids is 1. The van der Waals surface area contributed by atoms with E-state index in [0.29, 0.717) is 32.4 Å². The number of hydrogen-bond donors (Lipinski definition) is 3. The highest BCUT2D eigenvalue weighted by Gasteiger charge is 2.36. The van der Waals surface area contributed by atoms with Gasteiger partial charge in [0.2, 0.25) is 0 Å². The van der Waals surface area contributed by atoms with Crippen LogP contribution in [0.2, 0.25) is 0 Å². The predicted molar refractivity (Wildman–Crippen MR) is 144 cm³/mol. The minimum Gasteiger partial charge on any atom is -0.480 e. The van der Waals surface area contributed by atoms with Crippen molar-refractivity contribution in [2.24, 2.45) is 0 Å². The maximum atomic E-state index is 13.3. The van der Waals surface area contributed by atoms with Crippen LogP contribution >= 0.6 is 0 Å². The smallest absolute Gasteiger partial charge is 0.418 e. The van der Waals surface area contributed by atoms with Gasteiger partial charge < -0.3 is 25.4 Å². The van der Waals surface area contributed by atoms with Crippen molar-refractivity contribution in [3.63, 3.8) is 0 Å². The zero-order chi connectivity index (χ0) is 29.1. The lowest BCUT2D eigenvalue weighted by Crippen LogP contribution is -2.44. The second-order valence-electron chi connectivity index (χ2n) is 10.1. The molecule has 9 nitrogen and oxygen atoms in total. The first-order valence-corrected chi connectivity index (χ1v) is 13.7. The molecule has 0 aromatic carbocycles. The molecule has 1 aliphatic rings. The number of hydrogen-bond acceptors (Lipinski definition) is 7. The number of carboxylic acid groups (broad SMARTS) is 1. The normalized spacial score (nSPS) is 14.1. The number of rotatable bonds is 15. The van der Waals surface area contributed by atoms with E-state index in [4.69, 9.17) is 9.72 Å². The Bertz CT molecular complexity index is 1130. The molecule has 1 aliphatic heterocycles. The fourth-order valence-electron chi connectivity index (χ4n) is 4.53. The Morgan fingerprint density at radius 1 is 1.18 bits per heavy atom. The Labute approximate surface area is 232 Å². The molecule has 1 atom stereocenters. The van der Waals surface area contributed by atoms with E-state index in [1.165, 1.54) is 5.56 Å².